The van der Waals surface area contributed by atoms with Gasteiger partial charge in [-0.05, 0) is 86.0 Å². The predicted octanol–water partition coefficient (Wildman–Crippen LogP) is 6.23. The number of hydrazone groups is 1. The van der Waals surface area contributed by atoms with Gasteiger partial charge in [-0.25, -0.2) is 5.43 Å². The van der Waals surface area contributed by atoms with Crippen LogP contribution in [0.2, 0.25) is 0 Å². The van der Waals surface area contributed by atoms with Gasteiger partial charge in [-0.3, -0.25) is 4.79 Å². The average molecular weight is 570 g/mol. The molecule has 0 heterocycles. The largest absolute Gasteiger partial charge is 0.493 e. The van der Waals surface area contributed by atoms with E-state index < -0.39 is 0 Å². The lowest BCUT2D eigenvalue weighted by Crippen LogP contribution is -2.18. The topological polar surface area (TPSA) is 69.2 Å². The molecule has 174 valence electrons. The summed E-state index contributed by atoms with van der Waals surface area (Å²) < 4.78 is 18.4. The fourth-order valence-electron chi connectivity index (χ4n) is 2.83. The molecule has 2 aromatic carbocycles. The first-order chi connectivity index (χ1) is 15.2. The van der Waals surface area contributed by atoms with Gasteiger partial charge in [0.25, 0.3) is 0 Å². The molecular formula is C24H30Br2N2O4. The van der Waals surface area contributed by atoms with Crippen LogP contribution in [0.4, 0.5) is 0 Å². The van der Waals surface area contributed by atoms with Crippen LogP contribution in [-0.4, -0.2) is 32.4 Å². The summed E-state index contributed by atoms with van der Waals surface area (Å²) >= 11 is 7.03. The highest BCUT2D eigenvalue weighted by molar-refractivity contribution is 9.10. The van der Waals surface area contributed by atoms with E-state index in [1.807, 2.05) is 19.1 Å². The zero-order valence-corrected chi connectivity index (χ0v) is 22.3. The molecule has 0 radical (unpaired) electrons. The Morgan fingerprint density at radius 1 is 1.09 bits per heavy atom. The number of hydrogen-bond acceptors (Lipinski definition) is 5. The van der Waals surface area contributed by atoms with Gasteiger partial charge in [-0.2, -0.15) is 5.10 Å². The van der Waals surface area contributed by atoms with Gasteiger partial charge in [0.05, 0.1) is 35.5 Å². The number of rotatable bonds is 10. The van der Waals surface area contributed by atoms with Gasteiger partial charge in [0.1, 0.15) is 5.75 Å². The molecule has 0 fully saturated rings. The van der Waals surface area contributed by atoms with Gasteiger partial charge in [-0.15, -0.1) is 0 Å². The van der Waals surface area contributed by atoms with Crippen molar-refractivity contribution >= 4 is 44.0 Å². The SMILES string of the molecule is CCOc1c(Br)cc(/C=N/NC(=O)CCCOc2ccc(C(C)(C)C)cc2Br)cc1OC. The van der Waals surface area contributed by atoms with Gasteiger partial charge in [-0.1, -0.05) is 26.8 Å². The van der Waals surface area contributed by atoms with E-state index in [9.17, 15) is 4.79 Å². The zero-order valence-electron chi connectivity index (χ0n) is 19.1. The first-order valence-corrected chi connectivity index (χ1v) is 12.0. The van der Waals surface area contributed by atoms with Crippen LogP contribution >= 0.6 is 31.9 Å². The number of nitrogens with zero attached hydrogens (tertiary/aromatic N) is 1. The Bertz CT molecular complexity index is 956. The Labute approximate surface area is 207 Å². The highest BCUT2D eigenvalue weighted by Crippen LogP contribution is 2.36. The number of amides is 1. The lowest BCUT2D eigenvalue weighted by Gasteiger charge is -2.20. The lowest BCUT2D eigenvalue weighted by molar-refractivity contribution is -0.121. The average Bonchev–Trinajstić information content (AvgIpc) is 2.73. The first kappa shape index (κ1) is 26.2. The van der Waals surface area contributed by atoms with Crippen molar-refractivity contribution < 1.29 is 19.0 Å². The fraction of sp³-hybridized carbons (Fsp3) is 0.417. The van der Waals surface area contributed by atoms with Gasteiger partial charge in [0, 0.05) is 6.42 Å². The Morgan fingerprint density at radius 3 is 2.47 bits per heavy atom. The number of hydrogen-bond donors (Lipinski definition) is 1. The van der Waals surface area contributed by atoms with Gasteiger partial charge in [0.2, 0.25) is 5.91 Å². The van der Waals surface area contributed by atoms with Crippen molar-refractivity contribution in [2.45, 2.75) is 46.0 Å². The Morgan fingerprint density at radius 2 is 1.84 bits per heavy atom. The van der Waals surface area contributed by atoms with Crippen LogP contribution < -0.4 is 19.6 Å². The van der Waals surface area contributed by atoms with Crippen LogP contribution in [0, 0.1) is 0 Å². The van der Waals surface area contributed by atoms with E-state index in [1.165, 1.54) is 5.56 Å². The van der Waals surface area contributed by atoms with E-state index in [4.69, 9.17) is 14.2 Å². The maximum absolute atomic E-state index is 12.1. The third-order valence-electron chi connectivity index (χ3n) is 4.55. The quantitative estimate of drug-likeness (QED) is 0.209. The summed E-state index contributed by atoms with van der Waals surface area (Å²) in [4.78, 5) is 12.1. The minimum Gasteiger partial charge on any atom is -0.493 e. The number of carbonyl (C=O) groups is 1. The third kappa shape index (κ3) is 7.81. The molecule has 6 nitrogen and oxygen atoms in total. The van der Waals surface area contributed by atoms with E-state index in [1.54, 1.807) is 19.4 Å². The Hall–Kier alpha value is -2.06. The van der Waals surface area contributed by atoms with E-state index >= 15 is 0 Å². The summed E-state index contributed by atoms with van der Waals surface area (Å²) in [7, 11) is 1.58. The summed E-state index contributed by atoms with van der Waals surface area (Å²) in [6.45, 7) is 9.38. The molecule has 1 amide bonds. The maximum atomic E-state index is 12.1. The summed E-state index contributed by atoms with van der Waals surface area (Å²) in [6, 6.07) is 9.74. The highest BCUT2D eigenvalue weighted by atomic mass is 79.9. The molecule has 0 saturated carbocycles. The monoisotopic (exact) mass is 568 g/mol. The van der Waals surface area contributed by atoms with E-state index in [2.05, 4.69) is 75.3 Å². The molecule has 0 atom stereocenters. The molecular weight excluding hydrogens is 540 g/mol. The minimum atomic E-state index is -0.177. The summed E-state index contributed by atoms with van der Waals surface area (Å²) in [5.41, 5.74) is 4.61. The summed E-state index contributed by atoms with van der Waals surface area (Å²) in [5, 5.41) is 4.03. The number of halogens is 2. The molecule has 0 bridgehead atoms. The van der Waals surface area contributed by atoms with Crippen LogP contribution in [0.15, 0.2) is 44.4 Å². The molecule has 0 saturated heterocycles. The molecule has 32 heavy (non-hydrogen) atoms. The predicted molar refractivity (Wildman–Crippen MR) is 135 cm³/mol. The first-order valence-electron chi connectivity index (χ1n) is 10.4. The van der Waals surface area contributed by atoms with Crippen molar-refractivity contribution in [1.29, 1.82) is 0 Å². The molecule has 0 aliphatic heterocycles. The Kier molecular flexibility index (Phi) is 10.0. The number of benzene rings is 2. The second-order valence-electron chi connectivity index (χ2n) is 8.11. The van der Waals surface area contributed by atoms with Crippen molar-refractivity contribution in [3.05, 3.63) is 50.4 Å². The van der Waals surface area contributed by atoms with Crippen molar-refractivity contribution in [1.82, 2.24) is 5.43 Å². The van der Waals surface area contributed by atoms with Crippen molar-refractivity contribution in [2.75, 3.05) is 20.3 Å². The van der Waals surface area contributed by atoms with E-state index in [0.717, 1.165) is 20.3 Å². The van der Waals surface area contributed by atoms with Crippen LogP contribution in [0.25, 0.3) is 0 Å². The van der Waals surface area contributed by atoms with Crippen molar-refractivity contribution in [3.8, 4) is 17.2 Å². The number of ether oxygens (including phenoxy) is 3. The second-order valence-corrected chi connectivity index (χ2v) is 9.82. The van der Waals surface area contributed by atoms with Crippen molar-refractivity contribution in [3.63, 3.8) is 0 Å². The molecule has 0 aliphatic carbocycles. The summed E-state index contributed by atoms with van der Waals surface area (Å²) in [5.74, 6) is 1.82. The van der Waals surface area contributed by atoms with Crippen LogP contribution in [0.1, 0.15) is 51.7 Å². The number of carbonyl (C=O) groups excluding carboxylic acids is 1. The lowest BCUT2D eigenvalue weighted by atomic mass is 9.87. The number of nitrogens with one attached hydrogen (secondary N) is 1. The van der Waals surface area contributed by atoms with Gasteiger partial charge in [0.15, 0.2) is 11.5 Å². The molecule has 2 rings (SSSR count). The molecule has 0 aromatic heterocycles. The van der Waals surface area contributed by atoms with Crippen LogP contribution in [0.5, 0.6) is 17.2 Å². The molecule has 2 aromatic rings. The fourth-order valence-corrected chi connectivity index (χ4v) is 3.90. The van der Waals surface area contributed by atoms with E-state index in [0.29, 0.717) is 37.6 Å². The third-order valence-corrected chi connectivity index (χ3v) is 5.76. The molecule has 0 unspecified atom stereocenters. The molecule has 0 aliphatic rings. The molecule has 1 N–H and O–H groups in total. The summed E-state index contributed by atoms with van der Waals surface area (Å²) in [6.07, 6.45) is 2.45. The zero-order chi connectivity index (χ0) is 23.7. The Balaban J connectivity index is 1.81. The molecule has 0 spiro atoms. The van der Waals surface area contributed by atoms with E-state index in [-0.39, 0.29) is 11.3 Å². The smallest absolute Gasteiger partial charge is 0.240 e. The maximum Gasteiger partial charge on any atom is 0.240 e. The molecule has 8 heteroatoms. The van der Waals surface area contributed by atoms with Crippen LogP contribution in [-0.2, 0) is 10.2 Å². The second kappa shape index (κ2) is 12.3. The van der Waals surface area contributed by atoms with Crippen molar-refractivity contribution in [2.24, 2.45) is 5.10 Å². The van der Waals surface area contributed by atoms with Crippen LogP contribution in [0.3, 0.4) is 0 Å². The number of methoxy groups -OCH3 is 1. The normalized spacial score (nSPS) is 11.5. The van der Waals surface area contributed by atoms with Gasteiger partial charge < -0.3 is 14.2 Å². The highest BCUT2D eigenvalue weighted by Gasteiger charge is 2.15. The standard InChI is InChI=1S/C24H30Br2N2O4/c1-6-31-23-19(26)12-16(13-21(23)30-5)15-27-28-22(29)8-7-11-32-20-10-9-17(14-18(20)25)24(2,3)4/h9-10,12-15H,6-8,11H2,1-5H3,(H,28,29)/b27-15+. The van der Waals surface area contributed by atoms with Gasteiger partial charge >= 0.3 is 0 Å². The minimum absolute atomic E-state index is 0.0756.